The molecule has 1 atom stereocenters. The molecular formula is C18H36N2O2. The molecular weight excluding hydrogens is 276 g/mol. The Morgan fingerprint density at radius 2 is 2.05 bits per heavy atom. The Balaban J connectivity index is 2.30. The first-order chi connectivity index (χ1) is 10.2. The molecule has 1 heterocycles. The van der Waals surface area contributed by atoms with Gasteiger partial charge in [0.15, 0.2) is 0 Å². The summed E-state index contributed by atoms with van der Waals surface area (Å²) in [5.41, 5.74) is 0.281. The zero-order valence-electron chi connectivity index (χ0n) is 15.5. The predicted molar refractivity (Wildman–Crippen MR) is 92.0 cm³/mol. The van der Waals surface area contributed by atoms with Gasteiger partial charge in [-0.15, -0.1) is 0 Å². The van der Waals surface area contributed by atoms with Gasteiger partial charge in [-0.05, 0) is 45.1 Å². The van der Waals surface area contributed by atoms with E-state index < -0.39 is 0 Å². The van der Waals surface area contributed by atoms with E-state index in [1.165, 1.54) is 12.8 Å². The van der Waals surface area contributed by atoms with Crippen LogP contribution in [0.15, 0.2) is 0 Å². The minimum absolute atomic E-state index is 0.264. The molecule has 4 nitrogen and oxygen atoms in total. The van der Waals surface area contributed by atoms with E-state index in [1.807, 2.05) is 11.9 Å². The molecule has 0 saturated carbocycles. The molecule has 0 N–H and O–H groups in total. The van der Waals surface area contributed by atoms with E-state index in [2.05, 4.69) is 39.5 Å². The average molecular weight is 312 g/mol. The van der Waals surface area contributed by atoms with Crippen molar-refractivity contribution in [3.05, 3.63) is 0 Å². The zero-order chi connectivity index (χ0) is 16.8. The van der Waals surface area contributed by atoms with Crippen LogP contribution in [-0.2, 0) is 9.53 Å². The molecule has 0 aromatic rings. The highest BCUT2D eigenvalue weighted by molar-refractivity contribution is 5.76. The number of likely N-dealkylation sites (tertiary alicyclic amines) is 1. The molecule has 130 valence electrons. The van der Waals surface area contributed by atoms with Crippen molar-refractivity contribution < 1.29 is 9.53 Å². The van der Waals surface area contributed by atoms with Gasteiger partial charge in [0.2, 0.25) is 5.91 Å². The largest absolute Gasteiger partial charge is 0.377 e. The summed E-state index contributed by atoms with van der Waals surface area (Å²) in [4.78, 5) is 16.6. The second kappa shape index (κ2) is 8.88. The Labute approximate surface area is 137 Å². The summed E-state index contributed by atoms with van der Waals surface area (Å²) < 4.78 is 5.75. The van der Waals surface area contributed by atoms with Crippen molar-refractivity contribution in [3.8, 4) is 0 Å². The summed E-state index contributed by atoms with van der Waals surface area (Å²) in [6, 6.07) is 0.495. The molecule has 0 bridgehead atoms. The number of carbonyl (C=O) groups is 1. The maximum atomic E-state index is 12.3. The maximum absolute atomic E-state index is 12.3. The molecule has 1 aliphatic heterocycles. The number of nitrogens with zero attached hydrogens (tertiary/aromatic N) is 2. The van der Waals surface area contributed by atoms with Crippen LogP contribution in [0.25, 0.3) is 0 Å². The molecule has 0 aliphatic carbocycles. The highest BCUT2D eigenvalue weighted by Crippen LogP contribution is 2.20. The van der Waals surface area contributed by atoms with Crippen LogP contribution in [0, 0.1) is 5.41 Å². The van der Waals surface area contributed by atoms with Gasteiger partial charge in [-0.3, -0.25) is 9.69 Å². The van der Waals surface area contributed by atoms with Crippen molar-refractivity contribution in [2.45, 2.75) is 72.4 Å². The van der Waals surface area contributed by atoms with Crippen LogP contribution >= 0.6 is 0 Å². The summed E-state index contributed by atoms with van der Waals surface area (Å²) in [7, 11) is 1.93. The molecule has 4 heteroatoms. The maximum Gasteiger partial charge on any atom is 0.223 e. The summed E-state index contributed by atoms with van der Waals surface area (Å²) in [5, 5.41) is 0. The van der Waals surface area contributed by atoms with Crippen LogP contribution in [0.3, 0.4) is 0 Å². The second-order valence-electron chi connectivity index (χ2n) is 8.09. The van der Waals surface area contributed by atoms with Gasteiger partial charge < -0.3 is 9.64 Å². The summed E-state index contributed by atoms with van der Waals surface area (Å²) >= 11 is 0. The number of amides is 1. The minimum Gasteiger partial charge on any atom is -0.377 e. The zero-order valence-corrected chi connectivity index (χ0v) is 15.5. The lowest BCUT2D eigenvalue weighted by Gasteiger charge is -2.27. The molecule has 0 unspecified atom stereocenters. The van der Waals surface area contributed by atoms with Crippen LogP contribution in [0.4, 0.5) is 0 Å². The van der Waals surface area contributed by atoms with Crippen molar-refractivity contribution in [2.75, 3.05) is 33.3 Å². The van der Waals surface area contributed by atoms with Crippen molar-refractivity contribution in [1.29, 1.82) is 0 Å². The SMILES string of the molecule is CC(C)OC[C@@H]1CCCN1CCC(=O)N(C)CCC(C)(C)C. The van der Waals surface area contributed by atoms with Crippen LogP contribution < -0.4 is 0 Å². The molecule has 22 heavy (non-hydrogen) atoms. The highest BCUT2D eigenvalue weighted by atomic mass is 16.5. The molecule has 1 rings (SSSR count). The van der Waals surface area contributed by atoms with Gasteiger partial charge in [0.1, 0.15) is 0 Å². The number of hydrogen-bond donors (Lipinski definition) is 0. The lowest BCUT2D eigenvalue weighted by atomic mass is 9.92. The molecule has 0 aromatic carbocycles. The first kappa shape index (κ1) is 19.4. The van der Waals surface area contributed by atoms with Crippen LogP contribution in [0.1, 0.15) is 60.3 Å². The molecule has 1 aliphatic rings. The number of hydrogen-bond acceptors (Lipinski definition) is 3. The lowest BCUT2D eigenvalue weighted by molar-refractivity contribution is -0.130. The van der Waals surface area contributed by atoms with E-state index in [0.29, 0.717) is 12.5 Å². The molecule has 1 saturated heterocycles. The van der Waals surface area contributed by atoms with Crippen LogP contribution in [0.5, 0.6) is 0 Å². The van der Waals surface area contributed by atoms with Crippen LogP contribution in [-0.4, -0.2) is 61.1 Å². The van der Waals surface area contributed by atoms with Gasteiger partial charge in [-0.25, -0.2) is 0 Å². The summed E-state index contributed by atoms with van der Waals surface area (Å²) in [6.45, 7) is 14.4. The first-order valence-corrected chi connectivity index (χ1v) is 8.78. The first-order valence-electron chi connectivity index (χ1n) is 8.78. The normalized spacial score (nSPS) is 19.9. The van der Waals surface area contributed by atoms with Crippen molar-refractivity contribution in [1.82, 2.24) is 9.80 Å². The third-order valence-electron chi connectivity index (χ3n) is 4.36. The number of carbonyl (C=O) groups excluding carboxylic acids is 1. The topological polar surface area (TPSA) is 32.8 Å². The average Bonchev–Trinajstić information content (AvgIpc) is 2.86. The Morgan fingerprint density at radius 1 is 1.36 bits per heavy atom. The van der Waals surface area contributed by atoms with Crippen molar-refractivity contribution >= 4 is 5.91 Å². The van der Waals surface area contributed by atoms with Crippen LogP contribution in [0.2, 0.25) is 0 Å². The summed E-state index contributed by atoms with van der Waals surface area (Å²) in [6.07, 6.45) is 4.37. The lowest BCUT2D eigenvalue weighted by Crippen LogP contribution is -2.38. The number of rotatable bonds is 8. The fourth-order valence-corrected chi connectivity index (χ4v) is 2.74. The third-order valence-corrected chi connectivity index (χ3v) is 4.36. The third kappa shape index (κ3) is 7.59. The quantitative estimate of drug-likeness (QED) is 0.690. The fourth-order valence-electron chi connectivity index (χ4n) is 2.74. The van der Waals surface area contributed by atoms with E-state index in [4.69, 9.17) is 4.74 Å². The Morgan fingerprint density at radius 3 is 2.64 bits per heavy atom. The van der Waals surface area contributed by atoms with E-state index in [0.717, 1.165) is 32.7 Å². The van der Waals surface area contributed by atoms with E-state index >= 15 is 0 Å². The van der Waals surface area contributed by atoms with Gasteiger partial charge in [-0.1, -0.05) is 20.8 Å². The van der Waals surface area contributed by atoms with Gasteiger partial charge in [0.05, 0.1) is 12.7 Å². The van der Waals surface area contributed by atoms with Gasteiger partial charge in [-0.2, -0.15) is 0 Å². The second-order valence-corrected chi connectivity index (χ2v) is 8.09. The van der Waals surface area contributed by atoms with Crippen molar-refractivity contribution in [2.24, 2.45) is 5.41 Å². The molecule has 1 amide bonds. The van der Waals surface area contributed by atoms with Gasteiger partial charge >= 0.3 is 0 Å². The monoisotopic (exact) mass is 312 g/mol. The molecule has 0 spiro atoms. The predicted octanol–water partition coefficient (Wildman–Crippen LogP) is 3.16. The smallest absolute Gasteiger partial charge is 0.223 e. The molecule has 0 aromatic heterocycles. The minimum atomic E-state index is 0.264. The van der Waals surface area contributed by atoms with E-state index in [9.17, 15) is 4.79 Å². The fraction of sp³-hybridized carbons (Fsp3) is 0.944. The number of ether oxygens (including phenoxy) is 1. The molecule has 1 fully saturated rings. The van der Waals surface area contributed by atoms with Gasteiger partial charge in [0.25, 0.3) is 0 Å². The van der Waals surface area contributed by atoms with E-state index in [-0.39, 0.29) is 17.4 Å². The highest BCUT2D eigenvalue weighted by Gasteiger charge is 2.25. The van der Waals surface area contributed by atoms with E-state index in [1.54, 1.807) is 0 Å². The van der Waals surface area contributed by atoms with Crippen molar-refractivity contribution in [3.63, 3.8) is 0 Å². The standard InChI is InChI=1S/C18H36N2O2/c1-15(2)22-14-16-8-7-11-20(16)12-9-17(21)19(6)13-10-18(3,4)5/h15-16H,7-14H2,1-6H3/t16-/m0/s1. The Kier molecular flexibility index (Phi) is 7.84. The Bertz CT molecular complexity index is 336. The molecule has 0 radical (unpaired) electrons. The summed E-state index contributed by atoms with van der Waals surface area (Å²) in [5.74, 6) is 0.264. The van der Waals surface area contributed by atoms with Gasteiger partial charge in [0, 0.05) is 32.6 Å². The Hall–Kier alpha value is -0.610.